The molecule has 3 aliphatic rings. The molecule has 0 unspecified atom stereocenters. The highest BCUT2D eigenvalue weighted by atomic mass is 32.2. The number of fused-ring (bicyclic) bond motifs is 5. The number of nitrogens with zero attached hydrogens (tertiary/aromatic N) is 1. The van der Waals surface area contributed by atoms with Crippen LogP contribution in [-0.2, 0) is 14.7 Å². The molecule has 2 aliphatic heterocycles. The summed E-state index contributed by atoms with van der Waals surface area (Å²) in [4.78, 5) is 4.88. The van der Waals surface area contributed by atoms with E-state index >= 15 is 0 Å². The van der Waals surface area contributed by atoms with Crippen LogP contribution in [0.25, 0.3) is 22.3 Å². The van der Waals surface area contributed by atoms with Gasteiger partial charge in [-0.2, -0.15) is 0 Å². The van der Waals surface area contributed by atoms with Crippen molar-refractivity contribution in [2.24, 2.45) is 0 Å². The molecule has 0 aromatic heterocycles. The second-order valence-electron chi connectivity index (χ2n) is 15.6. The van der Waals surface area contributed by atoms with Crippen LogP contribution in [0, 0.1) is 0 Å². The first-order chi connectivity index (χ1) is 26.2. The van der Waals surface area contributed by atoms with Gasteiger partial charge in [-0.05, 0) is 120 Å². The summed E-state index contributed by atoms with van der Waals surface area (Å²) in [5.41, 5.74) is 13.0. The first-order valence-electron chi connectivity index (χ1n) is 18.8. The molecule has 7 aromatic rings. The standard InChI is InChI=1S/C49H40BNO2S/c1-47(2)48(3,4)53-50(52-47)37-26-28-40-39-27-24-33(30-41(39)49(42(40)32-37,35-16-8-5-9-17-35)36-18-10-6-11-19-36)34-25-29-44-46(31-34)54-45-23-15-14-22-43(45)51(44)38-20-12-7-13-21-38/h5-32H,1-4H3. The molecule has 0 N–H and O–H groups in total. The Morgan fingerprint density at radius 1 is 0.481 bits per heavy atom. The highest BCUT2D eigenvalue weighted by Gasteiger charge is 2.53. The van der Waals surface area contributed by atoms with Gasteiger partial charge in [0.15, 0.2) is 0 Å². The average molecular weight is 718 g/mol. The molecule has 1 aliphatic carbocycles. The van der Waals surface area contributed by atoms with Gasteiger partial charge in [-0.3, -0.25) is 0 Å². The minimum atomic E-state index is -0.561. The summed E-state index contributed by atoms with van der Waals surface area (Å²) < 4.78 is 13.2. The molecule has 1 saturated heterocycles. The summed E-state index contributed by atoms with van der Waals surface area (Å²) in [7, 11) is -0.461. The van der Waals surface area contributed by atoms with Crippen LogP contribution >= 0.6 is 11.8 Å². The van der Waals surface area contributed by atoms with Gasteiger partial charge in [-0.25, -0.2) is 0 Å². The van der Waals surface area contributed by atoms with Gasteiger partial charge in [0.1, 0.15) is 0 Å². The van der Waals surface area contributed by atoms with Gasteiger partial charge < -0.3 is 14.2 Å². The van der Waals surface area contributed by atoms with Crippen LogP contribution in [0.15, 0.2) is 180 Å². The van der Waals surface area contributed by atoms with E-state index in [9.17, 15) is 0 Å². The van der Waals surface area contributed by atoms with Gasteiger partial charge >= 0.3 is 7.12 Å². The number of anilines is 3. The Kier molecular flexibility index (Phi) is 7.61. The highest BCUT2D eigenvalue weighted by molar-refractivity contribution is 7.99. The number of benzene rings is 7. The van der Waals surface area contributed by atoms with E-state index in [1.54, 1.807) is 0 Å². The summed E-state index contributed by atoms with van der Waals surface area (Å²) >= 11 is 1.85. The van der Waals surface area contributed by atoms with Crippen LogP contribution < -0.4 is 10.4 Å². The lowest BCUT2D eigenvalue weighted by Crippen LogP contribution is -2.41. The van der Waals surface area contributed by atoms with Gasteiger partial charge in [0.05, 0.1) is 28.0 Å². The fourth-order valence-electron chi connectivity index (χ4n) is 8.60. The Labute approximate surface area is 322 Å². The zero-order valence-electron chi connectivity index (χ0n) is 30.9. The van der Waals surface area contributed by atoms with E-state index in [4.69, 9.17) is 9.31 Å². The zero-order chi connectivity index (χ0) is 36.7. The first-order valence-corrected chi connectivity index (χ1v) is 19.6. The Hall–Kier alpha value is -5.33. The van der Waals surface area contributed by atoms with Crippen LogP contribution in [0.3, 0.4) is 0 Å². The maximum absolute atomic E-state index is 6.62. The predicted molar refractivity (Wildman–Crippen MR) is 224 cm³/mol. The van der Waals surface area contributed by atoms with Gasteiger partial charge in [-0.15, -0.1) is 0 Å². The zero-order valence-corrected chi connectivity index (χ0v) is 31.7. The number of para-hydroxylation sites is 2. The third-order valence-electron chi connectivity index (χ3n) is 12.0. The fourth-order valence-corrected chi connectivity index (χ4v) is 9.70. The second kappa shape index (κ2) is 12.4. The molecule has 7 aromatic carbocycles. The van der Waals surface area contributed by atoms with E-state index in [1.165, 1.54) is 65.7 Å². The molecule has 0 bridgehead atoms. The van der Waals surface area contributed by atoms with Crippen molar-refractivity contribution >= 4 is 41.4 Å². The fraction of sp³-hybridized carbons (Fsp3) is 0.143. The second-order valence-corrected chi connectivity index (χ2v) is 16.6. The molecular weight excluding hydrogens is 677 g/mol. The minimum Gasteiger partial charge on any atom is -0.399 e. The van der Waals surface area contributed by atoms with Crippen LogP contribution in [0.2, 0.25) is 0 Å². The lowest BCUT2D eigenvalue weighted by atomic mass is 9.66. The number of hydrogen-bond acceptors (Lipinski definition) is 4. The summed E-state index contributed by atoms with van der Waals surface area (Å²) in [5, 5.41) is 0. The van der Waals surface area contributed by atoms with E-state index in [1.807, 2.05) is 11.8 Å². The van der Waals surface area contributed by atoms with Crippen LogP contribution in [0.1, 0.15) is 49.9 Å². The Morgan fingerprint density at radius 2 is 1.00 bits per heavy atom. The van der Waals surface area contributed by atoms with Crippen molar-refractivity contribution < 1.29 is 9.31 Å². The van der Waals surface area contributed by atoms with E-state index in [0.717, 1.165) is 11.2 Å². The van der Waals surface area contributed by atoms with E-state index in [2.05, 4.69) is 202 Å². The lowest BCUT2D eigenvalue weighted by molar-refractivity contribution is 0.00578. The Balaban J connectivity index is 1.16. The van der Waals surface area contributed by atoms with Crippen molar-refractivity contribution in [3.05, 3.63) is 192 Å². The molecule has 0 saturated carbocycles. The van der Waals surface area contributed by atoms with Crippen LogP contribution in [0.4, 0.5) is 17.1 Å². The summed E-state index contributed by atoms with van der Waals surface area (Å²) in [6.45, 7) is 8.47. The van der Waals surface area contributed by atoms with Crippen molar-refractivity contribution in [3.63, 3.8) is 0 Å². The van der Waals surface area contributed by atoms with E-state index in [0.29, 0.717) is 0 Å². The van der Waals surface area contributed by atoms with Gasteiger partial charge in [0, 0.05) is 15.5 Å². The third kappa shape index (κ3) is 4.99. The third-order valence-corrected chi connectivity index (χ3v) is 13.1. The quantitative estimate of drug-likeness (QED) is 0.165. The molecule has 1 fully saturated rings. The molecular formula is C49H40BNO2S. The number of hydrogen-bond donors (Lipinski definition) is 0. The van der Waals surface area contributed by atoms with E-state index < -0.39 is 23.7 Å². The smallest absolute Gasteiger partial charge is 0.399 e. The minimum absolute atomic E-state index is 0.433. The van der Waals surface area contributed by atoms with E-state index in [-0.39, 0.29) is 0 Å². The van der Waals surface area contributed by atoms with Crippen molar-refractivity contribution in [2.75, 3.05) is 4.90 Å². The molecule has 3 nitrogen and oxygen atoms in total. The summed E-state index contributed by atoms with van der Waals surface area (Å²) in [6.07, 6.45) is 0. The summed E-state index contributed by atoms with van der Waals surface area (Å²) in [6, 6.07) is 62.2. The maximum Gasteiger partial charge on any atom is 0.494 e. The topological polar surface area (TPSA) is 21.7 Å². The first kappa shape index (κ1) is 33.3. The van der Waals surface area contributed by atoms with Crippen LogP contribution in [-0.4, -0.2) is 18.3 Å². The van der Waals surface area contributed by atoms with Crippen molar-refractivity contribution in [2.45, 2.75) is 54.1 Å². The molecule has 0 atom stereocenters. The number of rotatable bonds is 5. The van der Waals surface area contributed by atoms with Crippen LogP contribution in [0.5, 0.6) is 0 Å². The molecule has 0 amide bonds. The monoisotopic (exact) mass is 717 g/mol. The summed E-state index contributed by atoms with van der Waals surface area (Å²) in [5.74, 6) is 0. The largest absolute Gasteiger partial charge is 0.494 e. The Morgan fingerprint density at radius 3 is 1.67 bits per heavy atom. The molecule has 262 valence electrons. The normalized spacial score (nSPS) is 17.0. The maximum atomic E-state index is 6.62. The average Bonchev–Trinajstić information content (AvgIpc) is 3.62. The molecule has 10 rings (SSSR count). The lowest BCUT2D eigenvalue weighted by Gasteiger charge is -2.34. The highest BCUT2D eigenvalue weighted by Crippen LogP contribution is 2.57. The molecule has 54 heavy (non-hydrogen) atoms. The molecule has 0 spiro atoms. The predicted octanol–water partition coefficient (Wildman–Crippen LogP) is 12.0. The Bertz CT molecular complexity index is 2500. The van der Waals surface area contributed by atoms with Crippen molar-refractivity contribution in [1.82, 2.24) is 0 Å². The SMILES string of the molecule is CC1(C)OB(c2ccc3c(c2)C(c2ccccc2)(c2ccccc2)c2cc(-c4ccc5c(c4)Sc4ccccc4N5c4ccccc4)ccc2-3)OC1(C)C. The molecule has 5 heteroatoms. The van der Waals surface area contributed by atoms with Gasteiger partial charge in [-0.1, -0.05) is 139 Å². The van der Waals surface area contributed by atoms with Crippen molar-refractivity contribution in [3.8, 4) is 22.3 Å². The van der Waals surface area contributed by atoms with Gasteiger partial charge in [0.2, 0.25) is 0 Å². The molecule has 0 radical (unpaired) electrons. The van der Waals surface area contributed by atoms with Gasteiger partial charge in [0.25, 0.3) is 0 Å². The molecule has 2 heterocycles. The van der Waals surface area contributed by atoms with Crippen molar-refractivity contribution in [1.29, 1.82) is 0 Å².